The van der Waals surface area contributed by atoms with E-state index in [1.807, 2.05) is 24.3 Å². The quantitative estimate of drug-likeness (QED) is 0.819. The van der Waals surface area contributed by atoms with Gasteiger partial charge in [-0.3, -0.25) is 0 Å². The number of phenolic OH excluding ortho intramolecular Hbond substituents is 1. The maximum atomic E-state index is 9.33. The fourth-order valence-electron chi connectivity index (χ4n) is 1.63. The van der Waals surface area contributed by atoms with Crippen molar-refractivity contribution < 1.29 is 5.11 Å². The first kappa shape index (κ1) is 10.6. The van der Waals surface area contributed by atoms with Gasteiger partial charge in [-0.2, -0.15) is 0 Å². The molecule has 2 N–H and O–H groups in total. The standard InChI is InChI=1S/C14H15NO/c1-11-4-2-6-13(8-11)15-10-12-5-3-7-14(16)9-12/h2-9,15-16H,10H2,1H3. The highest BCUT2D eigenvalue weighted by molar-refractivity contribution is 5.46. The van der Waals surface area contributed by atoms with Gasteiger partial charge in [0.2, 0.25) is 0 Å². The SMILES string of the molecule is Cc1cccc(NCc2cccc(O)c2)c1. The van der Waals surface area contributed by atoms with Crippen LogP contribution in [0.25, 0.3) is 0 Å². The van der Waals surface area contributed by atoms with Crippen molar-refractivity contribution in [3.8, 4) is 5.75 Å². The number of aryl methyl sites for hydroxylation is 1. The van der Waals surface area contributed by atoms with Crippen LogP contribution >= 0.6 is 0 Å². The van der Waals surface area contributed by atoms with E-state index in [1.165, 1.54) is 5.56 Å². The van der Waals surface area contributed by atoms with Crippen LogP contribution in [0.1, 0.15) is 11.1 Å². The Kier molecular flexibility index (Phi) is 3.10. The minimum atomic E-state index is 0.309. The first-order valence-corrected chi connectivity index (χ1v) is 5.32. The molecular formula is C14H15NO. The van der Waals surface area contributed by atoms with E-state index in [0.717, 1.165) is 17.8 Å². The van der Waals surface area contributed by atoms with Crippen molar-refractivity contribution in [2.24, 2.45) is 0 Å². The Morgan fingerprint density at radius 2 is 1.88 bits per heavy atom. The molecule has 2 aromatic rings. The van der Waals surface area contributed by atoms with Crippen LogP contribution < -0.4 is 5.32 Å². The monoisotopic (exact) mass is 213 g/mol. The summed E-state index contributed by atoms with van der Waals surface area (Å²) < 4.78 is 0. The smallest absolute Gasteiger partial charge is 0.115 e. The van der Waals surface area contributed by atoms with Crippen molar-refractivity contribution >= 4 is 5.69 Å². The lowest BCUT2D eigenvalue weighted by Crippen LogP contribution is -1.98. The molecule has 0 unspecified atom stereocenters. The molecular weight excluding hydrogens is 198 g/mol. The van der Waals surface area contributed by atoms with Crippen LogP contribution in [0.3, 0.4) is 0 Å². The molecule has 2 rings (SSSR count). The van der Waals surface area contributed by atoms with Gasteiger partial charge in [-0.05, 0) is 42.3 Å². The number of phenols is 1. The molecule has 0 bridgehead atoms. The number of anilines is 1. The summed E-state index contributed by atoms with van der Waals surface area (Å²) in [5.41, 5.74) is 3.41. The van der Waals surface area contributed by atoms with Crippen LogP contribution in [-0.2, 0) is 6.54 Å². The first-order valence-electron chi connectivity index (χ1n) is 5.32. The lowest BCUT2D eigenvalue weighted by atomic mass is 10.2. The minimum absolute atomic E-state index is 0.309. The Bertz CT molecular complexity index is 434. The maximum Gasteiger partial charge on any atom is 0.115 e. The van der Waals surface area contributed by atoms with Gasteiger partial charge in [-0.1, -0.05) is 24.3 Å². The average molecular weight is 213 g/mol. The second-order valence-corrected chi connectivity index (χ2v) is 3.89. The van der Waals surface area contributed by atoms with Crippen LogP contribution in [0.4, 0.5) is 5.69 Å². The van der Waals surface area contributed by atoms with Gasteiger partial charge in [0.05, 0.1) is 0 Å². The summed E-state index contributed by atoms with van der Waals surface area (Å²) in [5.74, 6) is 0.309. The fourth-order valence-corrected chi connectivity index (χ4v) is 1.63. The molecule has 0 atom stereocenters. The highest BCUT2D eigenvalue weighted by Gasteiger charge is 1.95. The first-order chi connectivity index (χ1) is 7.74. The number of nitrogens with one attached hydrogen (secondary N) is 1. The molecule has 82 valence electrons. The highest BCUT2D eigenvalue weighted by atomic mass is 16.3. The maximum absolute atomic E-state index is 9.33. The van der Waals surface area contributed by atoms with E-state index in [4.69, 9.17) is 0 Å². The summed E-state index contributed by atoms with van der Waals surface area (Å²) in [5, 5.41) is 12.6. The zero-order chi connectivity index (χ0) is 11.4. The molecule has 2 heteroatoms. The van der Waals surface area contributed by atoms with Gasteiger partial charge in [0.25, 0.3) is 0 Å². The van der Waals surface area contributed by atoms with E-state index in [9.17, 15) is 5.11 Å². The molecule has 0 heterocycles. The predicted octanol–water partition coefficient (Wildman–Crippen LogP) is 3.31. The van der Waals surface area contributed by atoms with E-state index < -0.39 is 0 Å². The van der Waals surface area contributed by atoms with Crippen LogP contribution in [0.5, 0.6) is 5.75 Å². The third-order valence-electron chi connectivity index (χ3n) is 2.43. The fraction of sp³-hybridized carbons (Fsp3) is 0.143. The zero-order valence-electron chi connectivity index (χ0n) is 9.27. The number of benzene rings is 2. The van der Waals surface area contributed by atoms with Crippen molar-refractivity contribution in [3.05, 3.63) is 59.7 Å². The molecule has 0 aliphatic carbocycles. The van der Waals surface area contributed by atoms with Gasteiger partial charge < -0.3 is 10.4 Å². The summed E-state index contributed by atoms with van der Waals surface area (Å²) in [7, 11) is 0. The summed E-state index contributed by atoms with van der Waals surface area (Å²) in [4.78, 5) is 0. The minimum Gasteiger partial charge on any atom is -0.508 e. The van der Waals surface area contributed by atoms with Gasteiger partial charge in [0.15, 0.2) is 0 Å². The Morgan fingerprint density at radius 1 is 1.06 bits per heavy atom. The summed E-state index contributed by atoms with van der Waals surface area (Å²) in [6.45, 7) is 2.79. The number of aromatic hydroxyl groups is 1. The van der Waals surface area contributed by atoms with Crippen LogP contribution in [0.2, 0.25) is 0 Å². The Hall–Kier alpha value is -1.96. The normalized spacial score (nSPS) is 10.1. The van der Waals surface area contributed by atoms with E-state index in [-0.39, 0.29) is 0 Å². The van der Waals surface area contributed by atoms with Crippen molar-refractivity contribution in [3.63, 3.8) is 0 Å². The van der Waals surface area contributed by atoms with E-state index in [0.29, 0.717) is 5.75 Å². The topological polar surface area (TPSA) is 32.3 Å². The van der Waals surface area contributed by atoms with Crippen LogP contribution in [0.15, 0.2) is 48.5 Å². The van der Waals surface area contributed by atoms with Crippen molar-refractivity contribution in [1.82, 2.24) is 0 Å². The van der Waals surface area contributed by atoms with Crippen LogP contribution in [-0.4, -0.2) is 5.11 Å². The number of hydrogen-bond donors (Lipinski definition) is 2. The second-order valence-electron chi connectivity index (χ2n) is 3.89. The van der Waals surface area contributed by atoms with Gasteiger partial charge >= 0.3 is 0 Å². The molecule has 0 fully saturated rings. The molecule has 0 saturated carbocycles. The van der Waals surface area contributed by atoms with Crippen molar-refractivity contribution in [1.29, 1.82) is 0 Å². The third-order valence-corrected chi connectivity index (χ3v) is 2.43. The summed E-state index contributed by atoms with van der Waals surface area (Å²) in [6.07, 6.45) is 0. The van der Waals surface area contributed by atoms with Gasteiger partial charge in [-0.25, -0.2) is 0 Å². The predicted molar refractivity (Wildman–Crippen MR) is 66.6 cm³/mol. The molecule has 0 aliphatic rings. The largest absolute Gasteiger partial charge is 0.508 e. The molecule has 2 aromatic carbocycles. The van der Waals surface area contributed by atoms with E-state index >= 15 is 0 Å². The molecule has 0 spiro atoms. The zero-order valence-corrected chi connectivity index (χ0v) is 9.27. The number of hydrogen-bond acceptors (Lipinski definition) is 2. The molecule has 2 nitrogen and oxygen atoms in total. The molecule has 0 saturated heterocycles. The molecule has 0 aliphatic heterocycles. The van der Waals surface area contributed by atoms with E-state index in [2.05, 4.69) is 24.4 Å². The molecule has 16 heavy (non-hydrogen) atoms. The van der Waals surface area contributed by atoms with E-state index in [1.54, 1.807) is 12.1 Å². The highest BCUT2D eigenvalue weighted by Crippen LogP contribution is 2.14. The van der Waals surface area contributed by atoms with Gasteiger partial charge in [0, 0.05) is 12.2 Å². The van der Waals surface area contributed by atoms with Crippen molar-refractivity contribution in [2.75, 3.05) is 5.32 Å². The van der Waals surface area contributed by atoms with Gasteiger partial charge in [0.1, 0.15) is 5.75 Å². The van der Waals surface area contributed by atoms with Crippen molar-refractivity contribution in [2.45, 2.75) is 13.5 Å². The third kappa shape index (κ3) is 2.76. The molecule has 0 aromatic heterocycles. The van der Waals surface area contributed by atoms with Gasteiger partial charge in [-0.15, -0.1) is 0 Å². The lowest BCUT2D eigenvalue weighted by Gasteiger charge is -2.07. The average Bonchev–Trinajstić information content (AvgIpc) is 2.27. The Morgan fingerprint density at radius 3 is 2.62 bits per heavy atom. The molecule has 0 amide bonds. The molecule has 0 radical (unpaired) electrons. The Labute approximate surface area is 95.6 Å². The summed E-state index contributed by atoms with van der Waals surface area (Å²) in [6, 6.07) is 15.5. The Balaban J connectivity index is 2.02. The van der Waals surface area contributed by atoms with Crippen LogP contribution in [0, 0.1) is 6.92 Å². The summed E-state index contributed by atoms with van der Waals surface area (Å²) >= 11 is 0. The lowest BCUT2D eigenvalue weighted by molar-refractivity contribution is 0.474. The second kappa shape index (κ2) is 4.71. The number of rotatable bonds is 3.